The van der Waals surface area contributed by atoms with Crippen LogP contribution in [0.2, 0.25) is 0 Å². The molecule has 0 spiro atoms. The molecule has 1 heterocycles. The Morgan fingerprint density at radius 1 is 1.36 bits per heavy atom. The van der Waals surface area contributed by atoms with E-state index in [1.807, 2.05) is 0 Å². The lowest BCUT2D eigenvalue weighted by molar-refractivity contribution is -0.120. The van der Waals surface area contributed by atoms with Crippen LogP contribution in [0, 0.1) is 0 Å². The van der Waals surface area contributed by atoms with Gasteiger partial charge in [-0.05, 0) is 18.4 Å². The van der Waals surface area contributed by atoms with E-state index in [1.165, 1.54) is 19.3 Å². The van der Waals surface area contributed by atoms with Crippen LogP contribution in [-0.2, 0) is 4.79 Å². The van der Waals surface area contributed by atoms with Crippen molar-refractivity contribution in [2.24, 2.45) is 0 Å². The average Bonchev–Trinajstić information content (AvgIpc) is 2.41. The first-order valence-corrected chi connectivity index (χ1v) is 5.60. The fourth-order valence-electron chi connectivity index (χ4n) is 1.54. The largest absolute Gasteiger partial charge is 0.302 e. The maximum absolute atomic E-state index is 11.2. The molecule has 78 valence electrons. The van der Waals surface area contributed by atoms with E-state index in [-0.39, 0.29) is 5.91 Å². The zero-order valence-corrected chi connectivity index (χ0v) is 9.69. The highest BCUT2D eigenvalue weighted by molar-refractivity contribution is 7.80. The predicted octanol–water partition coefficient (Wildman–Crippen LogP) is 2.68. The molecule has 0 aromatic heterocycles. The summed E-state index contributed by atoms with van der Waals surface area (Å²) < 4.78 is 0. The molecular formula is C11H17NOS. The van der Waals surface area contributed by atoms with Gasteiger partial charge in [0.05, 0.1) is 0 Å². The Morgan fingerprint density at radius 2 is 2.07 bits per heavy atom. The molecule has 3 heteroatoms. The summed E-state index contributed by atoms with van der Waals surface area (Å²) in [4.78, 5) is 13.5. The van der Waals surface area contributed by atoms with Gasteiger partial charge in [-0.2, -0.15) is 0 Å². The highest BCUT2D eigenvalue weighted by atomic mass is 32.1. The summed E-state index contributed by atoms with van der Waals surface area (Å²) >= 11 is 5.15. The van der Waals surface area contributed by atoms with Crippen molar-refractivity contribution in [2.75, 3.05) is 7.05 Å². The van der Waals surface area contributed by atoms with Crippen LogP contribution in [0.15, 0.2) is 11.6 Å². The Kier molecular flexibility index (Phi) is 4.26. The highest BCUT2D eigenvalue weighted by Gasteiger charge is 2.22. The number of carbonyl (C=O) groups excluding carboxylic acids is 1. The quantitative estimate of drug-likeness (QED) is 0.515. The summed E-state index contributed by atoms with van der Waals surface area (Å²) in [6.07, 6.45) is 7.50. The molecule has 2 nitrogen and oxygen atoms in total. The Hall–Kier alpha value is -0.700. The third kappa shape index (κ3) is 2.64. The fourth-order valence-corrected chi connectivity index (χ4v) is 1.80. The molecule has 0 fully saturated rings. The number of likely N-dealkylation sites (N-methyl/N-ethyl adjacent to an activating group) is 1. The van der Waals surface area contributed by atoms with Gasteiger partial charge in [-0.3, -0.25) is 4.79 Å². The van der Waals surface area contributed by atoms with Gasteiger partial charge in [0.2, 0.25) is 0 Å². The standard InChI is InChI=1S/C11H17NOS/c1-3-4-5-6-7-9-8-10(13)12(2)11(9)14/h8H,3-7H2,1-2H3. The molecule has 0 N–H and O–H groups in total. The normalized spacial score (nSPS) is 16.4. The summed E-state index contributed by atoms with van der Waals surface area (Å²) in [5.41, 5.74) is 1.05. The lowest BCUT2D eigenvalue weighted by Crippen LogP contribution is -2.24. The van der Waals surface area contributed by atoms with Gasteiger partial charge >= 0.3 is 0 Å². The molecule has 1 amide bonds. The third-order valence-corrected chi connectivity index (χ3v) is 3.04. The summed E-state index contributed by atoms with van der Waals surface area (Å²) in [7, 11) is 1.74. The highest BCUT2D eigenvalue weighted by Crippen LogP contribution is 2.19. The van der Waals surface area contributed by atoms with Gasteiger partial charge in [0.15, 0.2) is 0 Å². The number of carbonyl (C=O) groups is 1. The van der Waals surface area contributed by atoms with E-state index in [1.54, 1.807) is 18.0 Å². The summed E-state index contributed by atoms with van der Waals surface area (Å²) in [6.45, 7) is 2.19. The van der Waals surface area contributed by atoms with E-state index in [0.717, 1.165) is 18.4 Å². The van der Waals surface area contributed by atoms with E-state index in [2.05, 4.69) is 6.92 Å². The molecule has 0 aromatic carbocycles. The van der Waals surface area contributed by atoms with Crippen LogP contribution in [0.5, 0.6) is 0 Å². The van der Waals surface area contributed by atoms with Crippen molar-refractivity contribution in [3.8, 4) is 0 Å². The van der Waals surface area contributed by atoms with Crippen LogP contribution >= 0.6 is 12.2 Å². The van der Waals surface area contributed by atoms with Crippen molar-refractivity contribution in [1.82, 2.24) is 4.90 Å². The van der Waals surface area contributed by atoms with Crippen molar-refractivity contribution in [2.45, 2.75) is 39.0 Å². The second-order valence-corrected chi connectivity index (χ2v) is 4.07. The number of unbranched alkanes of at least 4 members (excludes halogenated alkanes) is 3. The van der Waals surface area contributed by atoms with Crippen LogP contribution in [0.1, 0.15) is 39.0 Å². The topological polar surface area (TPSA) is 20.3 Å². The number of thiocarbonyl (C=S) groups is 1. The number of amides is 1. The number of hydrogen-bond donors (Lipinski definition) is 0. The van der Waals surface area contributed by atoms with E-state index in [9.17, 15) is 4.79 Å². The first-order chi connectivity index (χ1) is 6.66. The molecule has 14 heavy (non-hydrogen) atoms. The molecule has 0 saturated heterocycles. The second kappa shape index (κ2) is 5.25. The summed E-state index contributed by atoms with van der Waals surface area (Å²) in [6, 6.07) is 0. The molecule has 0 radical (unpaired) electrons. The maximum atomic E-state index is 11.2. The lowest BCUT2D eigenvalue weighted by atomic mass is 10.1. The van der Waals surface area contributed by atoms with Crippen molar-refractivity contribution in [3.63, 3.8) is 0 Å². The smallest absolute Gasteiger partial charge is 0.251 e. The Bertz CT molecular complexity index is 270. The molecule has 1 aliphatic rings. The first-order valence-electron chi connectivity index (χ1n) is 5.19. The van der Waals surface area contributed by atoms with Crippen LogP contribution in [0.25, 0.3) is 0 Å². The monoisotopic (exact) mass is 211 g/mol. The molecule has 0 aromatic rings. The molecule has 1 aliphatic heterocycles. The maximum Gasteiger partial charge on any atom is 0.251 e. The van der Waals surface area contributed by atoms with Crippen LogP contribution in [0.4, 0.5) is 0 Å². The van der Waals surface area contributed by atoms with Crippen molar-refractivity contribution in [1.29, 1.82) is 0 Å². The molecule has 0 bridgehead atoms. The second-order valence-electron chi connectivity index (χ2n) is 3.68. The minimum absolute atomic E-state index is 0.0282. The Morgan fingerprint density at radius 3 is 2.57 bits per heavy atom. The van der Waals surface area contributed by atoms with Crippen molar-refractivity contribution >= 4 is 23.1 Å². The van der Waals surface area contributed by atoms with E-state index < -0.39 is 0 Å². The summed E-state index contributed by atoms with van der Waals surface area (Å²) in [5.74, 6) is 0.0282. The van der Waals surface area contributed by atoms with Crippen molar-refractivity contribution < 1.29 is 4.79 Å². The van der Waals surface area contributed by atoms with Crippen LogP contribution in [-0.4, -0.2) is 22.8 Å². The average molecular weight is 211 g/mol. The van der Waals surface area contributed by atoms with Gasteiger partial charge in [0, 0.05) is 13.1 Å². The van der Waals surface area contributed by atoms with E-state index in [0.29, 0.717) is 4.99 Å². The van der Waals surface area contributed by atoms with Gasteiger partial charge in [-0.15, -0.1) is 0 Å². The number of rotatable bonds is 5. The molecule has 0 unspecified atom stereocenters. The molecular weight excluding hydrogens is 194 g/mol. The third-order valence-electron chi connectivity index (χ3n) is 2.51. The van der Waals surface area contributed by atoms with Gasteiger partial charge in [-0.25, -0.2) is 0 Å². The Balaban J connectivity index is 2.35. The van der Waals surface area contributed by atoms with Gasteiger partial charge < -0.3 is 4.90 Å². The van der Waals surface area contributed by atoms with Gasteiger partial charge in [-0.1, -0.05) is 38.4 Å². The molecule has 1 rings (SSSR count). The van der Waals surface area contributed by atoms with E-state index >= 15 is 0 Å². The number of nitrogens with zero attached hydrogens (tertiary/aromatic N) is 1. The number of hydrogen-bond acceptors (Lipinski definition) is 2. The van der Waals surface area contributed by atoms with Crippen molar-refractivity contribution in [3.05, 3.63) is 11.6 Å². The SMILES string of the molecule is CCCCCCC1=CC(=O)N(C)C1=S. The lowest BCUT2D eigenvalue weighted by Gasteiger charge is -2.09. The molecule has 0 atom stereocenters. The molecule has 0 aliphatic carbocycles. The predicted molar refractivity (Wildman–Crippen MR) is 62.2 cm³/mol. The van der Waals surface area contributed by atoms with Crippen LogP contribution in [0.3, 0.4) is 0 Å². The van der Waals surface area contributed by atoms with Gasteiger partial charge in [0.1, 0.15) is 4.99 Å². The molecule has 0 saturated carbocycles. The Labute approximate surface area is 91.0 Å². The fraction of sp³-hybridized carbons (Fsp3) is 0.636. The zero-order chi connectivity index (χ0) is 10.6. The van der Waals surface area contributed by atoms with Gasteiger partial charge in [0.25, 0.3) is 5.91 Å². The minimum atomic E-state index is 0.0282. The van der Waals surface area contributed by atoms with Crippen LogP contribution < -0.4 is 0 Å². The summed E-state index contributed by atoms with van der Waals surface area (Å²) in [5, 5.41) is 0. The first kappa shape index (κ1) is 11.4. The zero-order valence-electron chi connectivity index (χ0n) is 8.88. The van der Waals surface area contributed by atoms with E-state index in [4.69, 9.17) is 12.2 Å². The minimum Gasteiger partial charge on any atom is -0.302 e.